The van der Waals surface area contributed by atoms with Crippen molar-refractivity contribution in [2.45, 2.75) is 29.0 Å². The van der Waals surface area contributed by atoms with Crippen LogP contribution in [0, 0.1) is 0 Å². The molecule has 1 amide bonds. The second-order valence-corrected chi connectivity index (χ2v) is 9.26. The van der Waals surface area contributed by atoms with Crippen LogP contribution in [0.15, 0.2) is 106 Å². The maximum atomic E-state index is 11.4. The minimum absolute atomic E-state index is 0.113. The van der Waals surface area contributed by atoms with E-state index in [4.69, 9.17) is 16.6 Å². The lowest BCUT2D eigenvalue weighted by molar-refractivity contribution is -0.114. The van der Waals surface area contributed by atoms with Gasteiger partial charge in [0.15, 0.2) is 10.2 Å². The smallest absolute Gasteiger partial charge is 0.221 e. The van der Waals surface area contributed by atoms with Gasteiger partial charge < -0.3 is 20.0 Å². The van der Waals surface area contributed by atoms with E-state index < -0.39 is 0 Å². The van der Waals surface area contributed by atoms with Gasteiger partial charge in [-0.1, -0.05) is 36.0 Å². The molecule has 4 aromatic rings. The third-order valence-corrected chi connectivity index (χ3v) is 6.66. The molecule has 0 unspecified atom stereocenters. The molecule has 1 fully saturated rings. The van der Waals surface area contributed by atoms with Crippen molar-refractivity contribution >= 4 is 46.4 Å². The number of furan rings is 1. The summed E-state index contributed by atoms with van der Waals surface area (Å²) in [7, 11) is 0. The van der Waals surface area contributed by atoms with Crippen molar-refractivity contribution in [3.8, 4) is 0 Å². The summed E-state index contributed by atoms with van der Waals surface area (Å²) in [6.07, 6.45) is 1.78. The molecule has 0 aliphatic carbocycles. The first kappa shape index (κ1) is 22.2. The van der Waals surface area contributed by atoms with E-state index in [-0.39, 0.29) is 18.0 Å². The van der Waals surface area contributed by atoms with Gasteiger partial charge in [-0.05, 0) is 72.9 Å². The molecule has 2 N–H and O–H groups in total. The highest BCUT2D eigenvalue weighted by Crippen LogP contribution is 2.43. The van der Waals surface area contributed by atoms with E-state index in [1.54, 1.807) is 18.0 Å². The summed E-state index contributed by atoms with van der Waals surface area (Å²) in [6, 6.07) is 27.1. The Morgan fingerprint density at radius 2 is 1.79 bits per heavy atom. The Kier molecular flexibility index (Phi) is 6.33. The van der Waals surface area contributed by atoms with Crippen LogP contribution in [0.1, 0.15) is 30.5 Å². The molecule has 0 saturated carbocycles. The fourth-order valence-corrected chi connectivity index (χ4v) is 5.13. The lowest BCUT2D eigenvalue weighted by atomic mass is 10.0. The zero-order chi connectivity index (χ0) is 23.5. The number of hydrogen-bond donors (Lipinski definition) is 2. The molecule has 5 rings (SSSR count). The number of carbonyl (C=O) groups excluding carboxylic acids is 1. The molecule has 2 atom stereocenters. The van der Waals surface area contributed by atoms with Gasteiger partial charge >= 0.3 is 0 Å². The molecule has 6 nitrogen and oxygen atoms in total. The predicted octanol–water partition coefficient (Wildman–Crippen LogP) is 5.96. The Morgan fingerprint density at radius 3 is 2.50 bits per heavy atom. The van der Waals surface area contributed by atoms with Crippen molar-refractivity contribution in [1.29, 1.82) is 0 Å². The maximum absolute atomic E-state index is 11.4. The van der Waals surface area contributed by atoms with Crippen molar-refractivity contribution in [3.05, 3.63) is 103 Å². The summed E-state index contributed by atoms with van der Waals surface area (Å²) in [4.78, 5) is 19.1. The summed E-state index contributed by atoms with van der Waals surface area (Å²) in [6.45, 7) is 1.49. The molecule has 2 aromatic heterocycles. The number of aromatic nitrogens is 1. The van der Waals surface area contributed by atoms with Gasteiger partial charge in [-0.3, -0.25) is 9.78 Å². The van der Waals surface area contributed by atoms with Crippen molar-refractivity contribution in [1.82, 2.24) is 10.3 Å². The van der Waals surface area contributed by atoms with Gasteiger partial charge in [0, 0.05) is 29.4 Å². The molecular weight excluding hydrogens is 464 g/mol. The van der Waals surface area contributed by atoms with Crippen LogP contribution in [0.25, 0.3) is 0 Å². The van der Waals surface area contributed by atoms with Crippen LogP contribution in [-0.4, -0.2) is 16.0 Å². The SMILES string of the molecule is CC(=O)Nc1ccc(N2C(=S)N[C@H](c3ccccn3)[C@H]2c2ccc(Sc3ccccc3)o2)cc1. The number of nitrogens with one attached hydrogen (secondary N) is 2. The van der Waals surface area contributed by atoms with Crippen LogP contribution in [0.4, 0.5) is 11.4 Å². The van der Waals surface area contributed by atoms with Crippen LogP contribution >= 0.6 is 24.0 Å². The molecule has 1 aliphatic rings. The lowest BCUT2D eigenvalue weighted by Crippen LogP contribution is -2.29. The minimum atomic E-state index is -0.237. The van der Waals surface area contributed by atoms with E-state index >= 15 is 0 Å². The molecule has 0 radical (unpaired) electrons. The molecule has 3 heterocycles. The van der Waals surface area contributed by atoms with E-state index in [0.29, 0.717) is 5.11 Å². The number of carbonyl (C=O) groups is 1. The predicted molar refractivity (Wildman–Crippen MR) is 138 cm³/mol. The first-order valence-electron chi connectivity index (χ1n) is 10.8. The van der Waals surface area contributed by atoms with Crippen LogP contribution in [0.3, 0.4) is 0 Å². The Labute approximate surface area is 207 Å². The fourth-order valence-electron chi connectivity index (χ4n) is 3.98. The van der Waals surface area contributed by atoms with E-state index in [9.17, 15) is 4.79 Å². The summed E-state index contributed by atoms with van der Waals surface area (Å²) in [5.74, 6) is 0.672. The summed E-state index contributed by atoms with van der Waals surface area (Å²) in [5, 5.41) is 7.62. The van der Waals surface area contributed by atoms with Gasteiger partial charge in [-0.15, -0.1) is 0 Å². The average molecular weight is 487 g/mol. The van der Waals surface area contributed by atoms with Crippen molar-refractivity contribution in [3.63, 3.8) is 0 Å². The molecule has 0 bridgehead atoms. The zero-order valence-electron chi connectivity index (χ0n) is 18.3. The van der Waals surface area contributed by atoms with E-state index in [2.05, 4.69) is 27.8 Å². The van der Waals surface area contributed by atoms with Gasteiger partial charge in [0.25, 0.3) is 0 Å². The number of benzene rings is 2. The summed E-state index contributed by atoms with van der Waals surface area (Å²) >= 11 is 7.34. The minimum Gasteiger partial charge on any atom is -0.452 e. The highest BCUT2D eigenvalue weighted by atomic mass is 32.2. The molecule has 34 heavy (non-hydrogen) atoms. The Morgan fingerprint density at radius 1 is 1.03 bits per heavy atom. The second-order valence-electron chi connectivity index (χ2n) is 7.80. The molecule has 2 aromatic carbocycles. The van der Waals surface area contributed by atoms with Crippen molar-refractivity contribution in [2.24, 2.45) is 0 Å². The quantitative estimate of drug-likeness (QED) is 0.326. The largest absolute Gasteiger partial charge is 0.452 e. The molecule has 1 saturated heterocycles. The van der Waals surface area contributed by atoms with Crippen molar-refractivity contribution in [2.75, 3.05) is 10.2 Å². The molecule has 8 heteroatoms. The Bertz CT molecular complexity index is 1290. The van der Waals surface area contributed by atoms with Gasteiger partial charge in [-0.2, -0.15) is 0 Å². The van der Waals surface area contributed by atoms with Gasteiger partial charge in [-0.25, -0.2) is 0 Å². The summed E-state index contributed by atoms with van der Waals surface area (Å²) in [5.41, 5.74) is 2.50. The zero-order valence-corrected chi connectivity index (χ0v) is 20.0. The standard InChI is InChI=1S/C26H22N4O2S2/c1-17(31)28-18-10-12-19(13-11-18)30-25(24(29-26(30)33)21-9-5-6-16-27-21)22-14-15-23(32-22)34-20-7-3-2-4-8-20/h2-16,24-25H,1H3,(H,28,31)(H,29,33)/t24-,25-/m1/s1. The van der Waals surface area contributed by atoms with Crippen molar-refractivity contribution < 1.29 is 9.21 Å². The van der Waals surface area contributed by atoms with Gasteiger partial charge in [0.2, 0.25) is 5.91 Å². The number of thiocarbonyl (C=S) groups is 1. The lowest BCUT2D eigenvalue weighted by Gasteiger charge is -2.26. The second kappa shape index (κ2) is 9.70. The van der Waals surface area contributed by atoms with E-state index in [0.717, 1.165) is 32.8 Å². The number of amides is 1. The number of hydrogen-bond acceptors (Lipinski definition) is 5. The normalized spacial score (nSPS) is 17.4. The topological polar surface area (TPSA) is 70.4 Å². The molecule has 0 spiro atoms. The highest BCUT2D eigenvalue weighted by Gasteiger charge is 2.42. The maximum Gasteiger partial charge on any atom is 0.221 e. The van der Waals surface area contributed by atoms with Crippen LogP contribution in [0.2, 0.25) is 0 Å². The van der Waals surface area contributed by atoms with Gasteiger partial charge in [0.1, 0.15) is 11.8 Å². The molecular formula is C26H22N4O2S2. The number of nitrogens with zero attached hydrogens (tertiary/aromatic N) is 2. The van der Waals surface area contributed by atoms with E-state index in [1.807, 2.05) is 77.7 Å². The van der Waals surface area contributed by atoms with E-state index in [1.165, 1.54) is 6.92 Å². The highest BCUT2D eigenvalue weighted by molar-refractivity contribution is 7.99. The summed E-state index contributed by atoms with van der Waals surface area (Å²) < 4.78 is 6.34. The first-order valence-corrected chi connectivity index (χ1v) is 12.0. The fraction of sp³-hybridized carbons (Fsp3) is 0.115. The molecule has 170 valence electrons. The molecule has 1 aliphatic heterocycles. The Hall–Kier alpha value is -3.62. The third-order valence-electron chi connectivity index (χ3n) is 5.42. The number of anilines is 2. The number of rotatable bonds is 6. The average Bonchev–Trinajstić information content (AvgIpc) is 3.44. The van der Waals surface area contributed by atoms with Crippen LogP contribution < -0.4 is 15.5 Å². The Balaban J connectivity index is 1.50. The third kappa shape index (κ3) is 4.69. The first-order chi connectivity index (χ1) is 16.6. The van der Waals surface area contributed by atoms with Crippen LogP contribution in [0.5, 0.6) is 0 Å². The monoisotopic (exact) mass is 486 g/mol. The van der Waals surface area contributed by atoms with Crippen LogP contribution in [-0.2, 0) is 4.79 Å². The number of pyridine rings is 1. The van der Waals surface area contributed by atoms with Gasteiger partial charge in [0.05, 0.1) is 11.7 Å².